The Morgan fingerprint density at radius 1 is 1.04 bits per heavy atom. The number of rotatable bonds is 5. The lowest BCUT2D eigenvalue weighted by atomic mass is 10.2. The van der Waals surface area contributed by atoms with E-state index in [0.29, 0.717) is 6.54 Å². The minimum atomic E-state index is -0.235. The zero-order valence-electron chi connectivity index (χ0n) is 15.4. The Morgan fingerprint density at radius 3 is 2.82 bits per heavy atom. The first kappa shape index (κ1) is 16.9. The van der Waals surface area contributed by atoms with Gasteiger partial charge in [-0.1, -0.05) is 18.2 Å². The molecule has 2 aliphatic rings. The Morgan fingerprint density at radius 2 is 2.00 bits per heavy atom. The number of hydrogen-bond donors (Lipinski definition) is 0. The van der Waals surface area contributed by atoms with Crippen LogP contribution >= 0.6 is 0 Å². The molecule has 1 amide bonds. The highest BCUT2D eigenvalue weighted by Gasteiger charge is 2.47. The van der Waals surface area contributed by atoms with E-state index in [1.807, 2.05) is 46.1 Å². The number of fused-ring (bicyclic) bond motifs is 1. The molecule has 2 fully saturated rings. The fourth-order valence-corrected chi connectivity index (χ4v) is 4.03. The van der Waals surface area contributed by atoms with E-state index in [2.05, 4.69) is 33.2 Å². The molecule has 0 N–H and O–H groups in total. The largest absolute Gasteiger partial charge is 0.442 e. The summed E-state index contributed by atoms with van der Waals surface area (Å²) in [4.78, 5) is 20.8. The van der Waals surface area contributed by atoms with Crippen molar-refractivity contribution in [3.05, 3.63) is 78.4 Å². The van der Waals surface area contributed by atoms with E-state index in [1.165, 1.54) is 5.56 Å². The smallest absolute Gasteiger partial charge is 0.410 e. The molecule has 2 atom stereocenters. The number of hydrogen-bond acceptors (Lipinski definition) is 5. The summed E-state index contributed by atoms with van der Waals surface area (Å²) < 4.78 is 7.48. The van der Waals surface area contributed by atoms with Gasteiger partial charge in [0.1, 0.15) is 6.10 Å². The van der Waals surface area contributed by atoms with Crippen LogP contribution in [-0.4, -0.2) is 55.9 Å². The van der Waals surface area contributed by atoms with Gasteiger partial charge in [-0.2, -0.15) is 5.10 Å². The lowest BCUT2D eigenvalue weighted by Crippen LogP contribution is -2.37. The summed E-state index contributed by atoms with van der Waals surface area (Å²) in [6, 6.07) is 16.1. The maximum Gasteiger partial charge on any atom is 0.410 e. The highest BCUT2D eigenvalue weighted by Crippen LogP contribution is 2.29. The number of benzene rings is 1. The van der Waals surface area contributed by atoms with E-state index in [-0.39, 0.29) is 18.2 Å². The monoisotopic (exact) mass is 375 g/mol. The minimum Gasteiger partial charge on any atom is -0.442 e. The van der Waals surface area contributed by atoms with Crippen molar-refractivity contribution in [2.75, 3.05) is 13.1 Å². The van der Waals surface area contributed by atoms with Gasteiger partial charge in [-0.25, -0.2) is 9.48 Å². The van der Waals surface area contributed by atoms with Crippen molar-refractivity contribution >= 4 is 6.09 Å². The number of pyridine rings is 1. The summed E-state index contributed by atoms with van der Waals surface area (Å²) in [5, 5.41) is 4.30. The number of nitrogens with zero attached hydrogens (tertiary/aromatic N) is 5. The van der Waals surface area contributed by atoms with E-state index in [4.69, 9.17) is 4.74 Å². The lowest BCUT2D eigenvalue weighted by molar-refractivity contribution is 0.119. The normalized spacial score (nSPS) is 21.7. The molecule has 3 aromatic rings. The SMILES string of the molecule is O=C1O[C@@H]2CN(Cc3cccc(-n4cccn4)c3)C[C@@H]2N1Cc1ccccn1. The average Bonchev–Trinajstić information content (AvgIpc) is 3.42. The Balaban J connectivity index is 1.27. The number of likely N-dealkylation sites (tertiary alicyclic amines) is 1. The van der Waals surface area contributed by atoms with Crippen LogP contribution in [-0.2, 0) is 17.8 Å². The van der Waals surface area contributed by atoms with Gasteiger partial charge in [0, 0.05) is 38.2 Å². The molecule has 4 heterocycles. The molecule has 0 radical (unpaired) electrons. The van der Waals surface area contributed by atoms with E-state index >= 15 is 0 Å². The first-order chi connectivity index (χ1) is 13.8. The lowest BCUT2D eigenvalue weighted by Gasteiger charge is -2.22. The van der Waals surface area contributed by atoms with Gasteiger partial charge in [-0.05, 0) is 35.9 Å². The summed E-state index contributed by atoms with van der Waals surface area (Å²) in [7, 11) is 0. The van der Waals surface area contributed by atoms with Crippen molar-refractivity contribution in [2.24, 2.45) is 0 Å². The maximum atomic E-state index is 12.3. The molecule has 2 aromatic heterocycles. The van der Waals surface area contributed by atoms with Crippen LogP contribution in [0.4, 0.5) is 4.79 Å². The Bertz CT molecular complexity index is 960. The second-order valence-electron chi connectivity index (χ2n) is 7.25. The van der Waals surface area contributed by atoms with E-state index < -0.39 is 0 Å². The summed E-state index contributed by atoms with van der Waals surface area (Å²) in [6.07, 6.45) is 5.15. The highest BCUT2D eigenvalue weighted by molar-refractivity contribution is 5.71. The Kier molecular flexibility index (Phi) is 4.29. The van der Waals surface area contributed by atoms with Crippen molar-refractivity contribution in [1.82, 2.24) is 24.6 Å². The van der Waals surface area contributed by atoms with E-state index in [0.717, 1.165) is 31.0 Å². The van der Waals surface area contributed by atoms with Crippen molar-refractivity contribution in [1.29, 1.82) is 0 Å². The van der Waals surface area contributed by atoms with Crippen molar-refractivity contribution in [2.45, 2.75) is 25.2 Å². The zero-order chi connectivity index (χ0) is 18.9. The second-order valence-corrected chi connectivity index (χ2v) is 7.25. The first-order valence-electron chi connectivity index (χ1n) is 9.45. The molecule has 0 aliphatic carbocycles. The third-order valence-corrected chi connectivity index (χ3v) is 5.34. The summed E-state index contributed by atoms with van der Waals surface area (Å²) in [5.41, 5.74) is 3.14. The van der Waals surface area contributed by atoms with E-state index in [1.54, 1.807) is 12.4 Å². The molecule has 0 saturated carbocycles. The minimum absolute atomic E-state index is 0.0730. The predicted octanol–water partition coefficient (Wildman–Crippen LogP) is 2.47. The van der Waals surface area contributed by atoms with Crippen molar-refractivity contribution in [3.63, 3.8) is 0 Å². The fraction of sp³-hybridized carbons (Fsp3) is 0.286. The summed E-state index contributed by atoms with van der Waals surface area (Å²) in [5.74, 6) is 0. The predicted molar refractivity (Wildman–Crippen MR) is 103 cm³/mol. The van der Waals surface area contributed by atoms with Crippen molar-refractivity contribution < 1.29 is 9.53 Å². The highest BCUT2D eigenvalue weighted by atomic mass is 16.6. The number of aromatic nitrogens is 3. The standard InChI is InChI=1S/C21H21N5O2/c27-21-25(13-17-6-1-2-8-22-17)19-14-24(15-20(19)28-21)12-16-5-3-7-18(11-16)26-10-4-9-23-26/h1-11,19-20H,12-15H2/t19-,20+/m0/s1. The topological polar surface area (TPSA) is 63.5 Å². The molecule has 2 saturated heterocycles. The number of carbonyl (C=O) groups is 1. The van der Waals surface area contributed by atoms with Crippen LogP contribution in [0.25, 0.3) is 5.69 Å². The third kappa shape index (κ3) is 3.25. The molecular formula is C21H21N5O2. The summed E-state index contributed by atoms with van der Waals surface area (Å²) >= 11 is 0. The van der Waals surface area contributed by atoms with Gasteiger partial charge in [-0.3, -0.25) is 14.8 Å². The fourth-order valence-electron chi connectivity index (χ4n) is 4.03. The van der Waals surface area contributed by atoms with Crippen LogP contribution in [0.5, 0.6) is 0 Å². The molecule has 0 bridgehead atoms. The number of amides is 1. The van der Waals surface area contributed by atoms with Gasteiger partial charge in [-0.15, -0.1) is 0 Å². The second kappa shape index (κ2) is 7.09. The van der Waals surface area contributed by atoms with E-state index in [9.17, 15) is 4.79 Å². The van der Waals surface area contributed by atoms with Gasteiger partial charge in [0.25, 0.3) is 0 Å². The van der Waals surface area contributed by atoms with Gasteiger partial charge < -0.3 is 4.74 Å². The third-order valence-electron chi connectivity index (χ3n) is 5.34. The Hall–Kier alpha value is -3.19. The van der Waals surface area contributed by atoms with Gasteiger partial charge in [0.05, 0.1) is 24.0 Å². The average molecular weight is 375 g/mol. The molecule has 5 rings (SSSR count). The van der Waals surface area contributed by atoms with Crippen LogP contribution in [0.3, 0.4) is 0 Å². The maximum absolute atomic E-state index is 12.3. The van der Waals surface area contributed by atoms with Crippen LogP contribution < -0.4 is 0 Å². The van der Waals surface area contributed by atoms with Crippen LogP contribution in [0.2, 0.25) is 0 Å². The molecule has 0 spiro atoms. The molecule has 2 aliphatic heterocycles. The Labute approximate surface area is 163 Å². The molecule has 142 valence electrons. The first-order valence-corrected chi connectivity index (χ1v) is 9.45. The van der Waals surface area contributed by atoms with Gasteiger partial charge in [0.2, 0.25) is 0 Å². The van der Waals surface area contributed by atoms with Crippen LogP contribution in [0, 0.1) is 0 Å². The zero-order valence-corrected chi connectivity index (χ0v) is 15.4. The quantitative estimate of drug-likeness (QED) is 0.686. The van der Waals surface area contributed by atoms with Gasteiger partial charge in [0.15, 0.2) is 0 Å². The van der Waals surface area contributed by atoms with Crippen LogP contribution in [0.1, 0.15) is 11.3 Å². The van der Waals surface area contributed by atoms with Crippen LogP contribution in [0.15, 0.2) is 67.1 Å². The molecular weight excluding hydrogens is 354 g/mol. The van der Waals surface area contributed by atoms with Gasteiger partial charge >= 0.3 is 6.09 Å². The van der Waals surface area contributed by atoms with Crippen molar-refractivity contribution in [3.8, 4) is 5.69 Å². The molecule has 7 nitrogen and oxygen atoms in total. The molecule has 1 aromatic carbocycles. The summed E-state index contributed by atoms with van der Waals surface area (Å²) in [6.45, 7) is 2.86. The molecule has 7 heteroatoms. The number of carbonyl (C=O) groups excluding carboxylic acids is 1. The molecule has 28 heavy (non-hydrogen) atoms. The molecule has 0 unspecified atom stereocenters. The number of ether oxygens (including phenoxy) is 1.